The molecule has 0 spiro atoms. The van der Waals surface area contributed by atoms with E-state index < -0.39 is 0 Å². The zero-order valence-corrected chi connectivity index (χ0v) is 11.8. The smallest absolute Gasteiger partial charge is 0.236 e. The molecule has 4 nitrogen and oxygen atoms in total. The van der Waals surface area contributed by atoms with E-state index in [2.05, 4.69) is 0 Å². The number of rotatable bonds is 3. The van der Waals surface area contributed by atoms with E-state index in [4.69, 9.17) is 22.1 Å². The SMILES string of the molecule is Cc1cc(OC2CCCN(C(=O)CN)C2)ccc1Cl. The third kappa shape index (κ3) is 3.61. The van der Waals surface area contributed by atoms with Gasteiger partial charge in [0, 0.05) is 11.6 Å². The van der Waals surface area contributed by atoms with Crippen molar-refractivity contribution in [2.75, 3.05) is 19.6 Å². The van der Waals surface area contributed by atoms with Crippen molar-refractivity contribution < 1.29 is 9.53 Å². The monoisotopic (exact) mass is 282 g/mol. The topological polar surface area (TPSA) is 55.6 Å². The van der Waals surface area contributed by atoms with Crippen molar-refractivity contribution in [1.29, 1.82) is 0 Å². The van der Waals surface area contributed by atoms with Crippen LogP contribution in [0.25, 0.3) is 0 Å². The van der Waals surface area contributed by atoms with Gasteiger partial charge >= 0.3 is 0 Å². The van der Waals surface area contributed by atoms with Gasteiger partial charge in [0.2, 0.25) is 5.91 Å². The first-order valence-corrected chi connectivity index (χ1v) is 6.88. The van der Waals surface area contributed by atoms with Gasteiger partial charge in [0.25, 0.3) is 0 Å². The summed E-state index contributed by atoms with van der Waals surface area (Å²) in [6, 6.07) is 5.61. The van der Waals surface area contributed by atoms with Gasteiger partial charge in [-0.15, -0.1) is 0 Å². The number of hydrogen-bond donors (Lipinski definition) is 1. The average Bonchev–Trinajstić information content (AvgIpc) is 2.42. The Balaban J connectivity index is 1.98. The van der Waals surface area contributed by atoms with Crippen LogP contribution < -0.4 is 10.5 Å². The maximum Gasteiger partial charge on any atom is 0.236 e. The van der Waals surface area contributed by atoms with Gasteiger partial charge in [-0.2, -0.15) is 0 Å². The fourth-order valence-electron chi connectivity index (χ4n) is 2.27. The highest BCUT2D eigenvalue weighted by Crippen LogP contribution is 2.24. The number of likely N-dealkylation sites (tertiary alicyclic amines) is 1. The van der Waals surface area contributed by atoms with Crippen molar-refractivity contribution in [2.24, 2.45) is 5.73 Å². The highest BCUT2D eigenvalue weighted by Gasteiger charge is 2.24. The molecule has 1 aromatic rings. The summed E-state index contributed by atoms with van der Waals surface area (Å²) in [5, 5.41) is 0.732. The number of hydrogen-bond acceptors (Lipinski definition) is 3. The van der Waals surface area contributed by atoms with E-state index in [0.717, 1.165) is 35.7 Å². The molecule has 0 bridgehead atoms. The summed E-state index contributed by atoms with van der Waals surface area (Å²) in [6.07, 6.45) is 1.93. The second-order valence-corrected chi connectivity index (χ2v) is 5.24. The molecule has 1 amide bonds. The summed E-state index contributed by atoms with van der Waals surface area (Å²) in [5.41, 5.74) is 6.38. The number of nitrogens with zero attached hydrogens (tertiary/aromatic N) is 1. The minimum atomic E-state index is -0.0133. The molecular formula is C14H19ClN2O2. The third-order valence-electron chi connectivity index (χ3n) is 3.34. The Kier molecular flexibility index (Phi) is 4.66. The van der Waals surface area contributed by atoms with E-state index in [1.807, 2.05) is 25.1 Å². The minimum Gasteiger partial charge on any atom is -0.489 e. The highest BCUT2D eigenvalue weighted by atomic mass is 35.5. The maximum atomic E-state index is 11.6. The Labute approximate surface area is 118 Å². The molecule has 104 valence electrons. The zero-order valence-electron chi connectivity index (χ0n) is 11.1. The van der Waals surface area contributed by atoms with Gasteiger partial charge in [-0.1, -0.05) is 11.6 Å². The summed E-state index contributed by atoms with van der Waals surface area (Å²) in [6.45, 7) is 3.39. The molecule has 1 atom stereocenters. The number of benzene rings is 1. The Morgan fingerprint density at radius 2 is 2.37 bits per heavy atom. The molecule has 2 rings (SSSR count). The van der Waals surface area contributed by atoms with Crippen LogP contribution in [-0.4, -0.2) is 36.5 Å². The molecule has 2 N–H and O–H groups in total. The van der Waals surface area contributed by atoms with E-state index in [1.165, 1.54) is 0 Å². The predicted octanol–water partition coefficient (Wildman–Crippen LogP) is 1.98. The van der Waals surface area contributed by atoms with Crippen LogP contribution in [0.3, 0.4) is 0 Å². The second-order valence-electron chi connectivity index (χ2n) is 4.84. The first kappa shape index (κ1) is 14.2. The third-order valence-corrected chi connectivity index (χ3v) is 3.76. The van der Waals surface area contributed by atoms with Crippen LogP contribution in [-0.2, 0) is 4.79 Å². The number of piperidine rings is 1. The molecule has 1 aromatic carbocycles. The zero-order chi connectivity index (χ0) is 13.8. The van der Waals surface area contributed by atoms with Gasteiger partial charge in [-0.3, -0.25) is 4.79 Å². The summed E-state index contributed by atoms with van der Waals surface area (Å²) in [4.78, 5) is 13.4. The quantitative estimate of drug-likeness (QED) is 0.922. The van der Waals surface area contributed by atoms with Gasteiger partial charge in [-0.05, 0) is 43.5 Å². The second kappa shape index (κ2) is 6.26. The lowest BCUT2D eigenvalue weighted by Gasteiger charge is -2.32. The van der Waals surface area contributed by atoms with E-state index in [9.17, 15) is 4.79 Å². The van der Waals surface area contributed by atoms with Gasteiger partial charge < -0.3 is 15.4 Å². The Bertz CT molecular complexity index is 465. The van der Waals surface area contributed by atoms with Crippen LogP contribution in [0.1, 0.15) is 18.4 Å². The van der Waals surface area contributed by atoms with Crippen molar-refractivity contribution in [3.05, 3.63) is 28.8 Å². The lowest BCUT2D eigenvalue weighted by Crippen LogP contribution is -2.46. The molecule has 5 heteroatoms. The van der Waals surface area contributed by atoms with Crippen molar-refractivity contribution in [1.82, 2.24) is 4.90 Å². The maximum absolute atomic E-state index is 11.6. The molecular weight excluding hydrogens is 264 g/mol. The Hall–Kier alpha value is -1.26. The normalized spacial score (nSPS) is 19.3. The fraction of sp³-hybridized carbons (Fsp3) is 0.500. The van der Waals surface area contributed by atoms with Crippen LogP contribution in [0.15, 0.2) is 18.2 Å². The molecule has 1 saturated heterocycles. The first-order chi connectivity index (χ1) is 9.10. The first-order valence-electron chi connectivity index (χ1n) is 6.51. The molecule has 19 heavy (non-hydrogen) atoms. The van der Waals surface area contributed by atoms with Gasteiger partial charge in [0.1, 0.15) is 11.9 Å². The van der Waals surface area contributed by atoms with E-state index in [-0.39, 0.29) is 18.6 Å². The number of aryl methyl sites for hydroxylation is 1. The summed E-state index contributed by atoms with van der Waals surface area (Å²) >= 11 is 5.98. The van der Waals surface area contributed by atoms with Crippen LogP contribution in [0.2, 0.25) is 5.02 Å². The van der Waals surface area contributed by atoms with Crippen molar-refractivity contribution in [2.45, 2.75) is 25.9 Å². The number of halogens is 1. The molecule has 0 saturated carbocycles. The van der Waals surface area contributed by atoms with Gasteiger partial charge in [0.05, 0.1) is 13.1 Å². The number of carbonyl (C=O) groups excluding carboxylic acids is 1. The van der Waals surface area contributed by atoms with Gasteiger partial charge in [0.15, 0.2) is 0 Å². The summed E-state index contributed by atoms with van der Waals surface area (Å²) in [7, 11) is 0. The van der Waals surface area contributed by atoms with Crippen LogP contribution in [0, 0.1) is 6.92 Å². The largest absolute Gasteiger partial charge is 0.489 e. The highest BCUT2D eigenvalue weighted by molar-refractivity contribution is 6.31. The molecule has 1 unspecified atom stereocenters. The Morgan fingerprint density at radius 1 is 1.58 bits per heavy atom. The number of nitrogens with two attached hydrogens (primary N) is 1. The predicted molar refractivity (Wildman–Crippen MR) is 75.5 cm³/mol. The molecule has 0 radical (unpaired) electrons. The van der Waals surface area contributed by atoms with Crippen LogP contribution in [0.4, 0.5) is 0 Å². The minimum absolute atomic E-state index is 0.0133. The van der Waals surface area contributed by atoms with Crippen LogP contribution >= 0.6 is 11.6 Å². The number of ether oxygens (including phenoxy) is 1. The molecule has 1 heterocycles. The Morgan fingerprint density at radius 3 is 3.05 bits per heavy atom. The van der Waals surface area contributed by atoms with Crippen molar-refractivity contribution >= 4 is 17.5 Å². The number of amides is 1. The van der Waals surface area contributed by atoms with Gasteiger partial charge in [-0.25, -0.2) is 0 Å². The van der Waals surface area contributed by atoms with Crippen molar-refractivity contribution in [3.63, 3.8) is 0 Å². The summed E-state index contributed by atoms with van der Waals surface area (Å²) in [5.74, 6) is 0.787. The van der Waals surface area contributed by atoms with Crippen molar-refractivity contribution in [3.8, 4) is 5.75 Å². The lowest BCUT2D eigenvalue weighted by molar-refractivity contribution is -0.132. The molecule has 0 aliphatic carbocycles. The number of carbonyl (C=O) groups is 1. The fourth-order valence-corrected chi connectivity index (χ4v) is 2.39. The summed E-state index contributed by atoms with van der Waals surface area (Å²) < 4.78 is 5.92. The molecule has 0 aromatic heterocycles. The van der Waals surface area contributed by atoms with E-state index >= 15 is 0 Å². The van der Waals surface area contributed by atoms with E-state index in [1.54, 1.807) is 4.90 Å². The average molecular weight is 283 g/mol. The molecule has 1 aliphatic heterocycles. The molecule has 1 fully saturated rings. The van der Waals surface area contributed by atoms with E-state index in [0.29, 0.717) is 6.54 Å². The standard InChI is InChI=1S/C14H19ClN2O2/c1-10-7-11(4-5-13(10)15)19-12-3-2-6-17(9-12)14(18)8-16/h4-5,7,12H,2-3,6,8-9,16H2,1H3. The van der Waals surface area contributed by atoms with Crippen LogP contribution in [0.5, 0.6) is 5.75 Å². The lowest BCUT2D eigenvalue weighted by atomic mass is 10.1. The molecule has 1 aliphatic rings.